The van der Waals surface area contributed by atoms with E-state index in [9.17, 15) is 0 Å². The molecule has 0 saturated carbocycles. The van der Waals surface area contributed by atoms with Crippen molar-refractivity contribution in [3.05, 3.63) is 30.6 Å². The van der Waals surface area contributed by atoms with Crippen molar-refractivity contribution in [1.29, 1.82) is 0 Å². The van der Waals surface area contributed by atoms with Crippen LogP contribution < -0.4 is 0 Å². The summed E-state index contributed by atoms with van der Waals surface area (Å²) in [4.78, 5) is 6.88. The number of imidazole rings is 1. The van der Waals surface area contributed by atoms with Gasteiger partial charge in [-0.3, -0.25) is 4.90 Å². The molecule has 0 N–H and O–H groups in total. The van der Waals surface area contributed by atoms with Crippen molar-refractivity contribution in [2.75, 3.05) is 13.1 Å². The van der Waals surface area contributed by atoms with Crippen molar-refractivity contribution in [3.63, 3.8) is 0 Å². The van der Waals surface area contributed by atoms with E-state index in [1.165, 1.54) is 31.4 Å². The van der Waals surface area contributed by atoms with Crippen LogP contribution in [0.15, 0.2) is 30.6 Å². The van der Waals surface area contributed by atoms with E-state index in [2.05, 4.69) is 32.7 Å². The van der Waals surface area contributed by atoms with Gasteiger partial charge in [0.05, 0.1) is 24.0 Å². The number of hydrogen-bond acceptors (Lipinski definition) is 2. The van der Waals surface area contributed by atoms with Gasteiger partial charge in [-0.1, -0.05) is 12.1 Å². The number of fused-ring (bicyclic) bond motifs is 1. The third kappa shape index (κ3) is 1.63. The van der Waals surface area contributed by atoms with Gasteiger partial charge in [0.2, 0.25) is 0 Å². The summed E-state index contributed by atoms with van der Waals surface area (Å²) in [5, 5.41) is 0. The molecule has 0 amide bonds. The highest BCUT2D eigenvalue weighted by atomic mass is 15.3. The highest BCUT2D eigenvalue weighted by Gasteiger charge is 2.12. The van der Waals surface area contributed by atoms with Gasteiger partial charge < -0.3 is 4.57 Å². The Morgan fingerprint density at radius 1 is 1.13 bits per heavy atom. The van der Waals surface area contributed by atoms with E-state index in [-0.39, 0.29) is 0 Å². The quantitative estimate of drug-likeness (QED) is 0.741. The standard InChI is InChI=1S/C12H15N3/c1-2-6-12-11(5-1)13-9-15(12)10-14-7-3-4-8-14/h1-2,5-6,9H,3-4,7-8,10H2. The zero-order chi connectivity index (χ0) is 10.1. The van der Waals surface area contributed by atoms with Crippen LogP contribution in [-0.2, 0) is 6.67 Å². The molecule has 0 bridgehead atoms. The smallest absolute Gasteiger partial charge is 0.0969 e. The number of benzene rings is 1. The summed E-state index contributed by atoms with van der Waals surface area (Å²) in [6, 6.07) is 8.31. The van der Waals surface area contributed by atoms with E-state index in [0.717, 1.165) is 12.2 Å². The van der Waals surface area contributed by atoms with Gasteiger partial charge in [0, 0.05) is 0 Å². The average molecular weight is 201 g/mol. The largest absolute Gasteiger partial charge is 0.317 e. The van der Waals surface area contributed by atoms with E-state index in [1.54, 1.807) is 0 Å². The molecule has 1 aromatic heterocycles. The van der Waals surface area contributed by atoms with Crippen molar-refractivity contribution in [2.45, 2.75) is 19.5 Å². The van der Waals surface area contributed by atoms with Gasteiger partial charge in [-0.05, 0) is 38.1 Å². The molecule has 0 aliphatic carbocycles. The van der Waals surface area contributed by atoms with Crippen LogP contribution in [0, 0.1) is 0 Å². The highest BCUT2D eigenvalue weighted by Crippen LogP contribution is 2.14. The number of hydrogen-bond donors (Lipinski definition) is 0. The van der Waals surface area contributed by atoms with E-state index in [4.69, 9.17) is 0 Å². The summed E-state index contributed by atoms with van der Waals surface area (Å²) in [7, 11) is 0. The second kappa shape index (κ2) is 3.66. The fraction of sp³-hybridized carbons (Fsp3) is 0.417. The van der Waals surface area contributed by atoms with Crippen LogP contribution in [0.3, 0.4) is 0 Å². The van der Waals surface area contributed by atoms with Crippen LogP contribution in [-0.4, -0.2) is 27.5 Å². The molecule has 3 nitrogen and oxygen atoms in total. The SMILES string of the molecule is c1ccc2c(c1)ncn2CN1CCCC1. The highest BCUT2D eigenvalue weighted by molar-refractivity contribution is 5.74. The number of nitrogens with zero attached hydrogens (tertiary/aromatic N) is 3. The Bertz CT molecular complexity index is 455. The fourth-order valence-electron chi connectivity index (χ4n) is 2.26. The van der Waals surface area contributed by atoms with Crippen LogP contribution in [0.1, 0.15) is 12.8 Å². The van der Waals surface area contributed by atoms with Gasteiger partial charge in [-0.25, -0.2) is 4.98 Å². The minimum atomic E-state index is 0.987. The lowest BCUT2D eigenvalue weighted by Gasteiger charge is -2.15. The molecule has 2 heterocycles. The zero-order valence-corrected chi connectivity index (χ0v) is 8.76. The Hall–Kier alpha value is -1.35. The second-order valence-electron chi connectivity index (χ2n) is 4.17. The van der Waals surface area contributed by atoms with Crippen molar-refractivity contribution in [1.82, 2.24) is 14.5 Å². The molecule has 2 aromatic rings. The third-order valence-electron chi connectivity index (χ3n) is 3.08. The maximum atomic E-state index is 4.40. The Morgan fingerprint density at radius 2 is 1.93 bits per heavy atom. The molecule has 1 aliphatic rings. The predicted molar refractivity (Wildman–Crippen MR) is 60.5 cm³/mol. The summed E-state index contributed by atoms with van der Waals surface area (Å²) >= 11 is 0. The van der Waals surface area contributed by atoms with E-state index in [0.29, 0.717) is 0 Å². The summed E-state index contributed by atoms with van der Waals surface area (Å²) in [6.45, 7) is 3.44. The lowest BCUT2D eigenvalue weighted by Crippen LogP contribution is -2.22. The van der Waals surface area contributed by atoms with Crippen molar-refractivity contribution < 1.29 is 0 Å². The summed E-state index contributed by atoms with van der Waals surface area (Å²) < 4.78 is 2.24. The molecule has 3 rings (SSSR count). The Kier molecular flexibility index (Phi) is 2.18. The minimum Gasteiger partial charge on any atom is -0.317 e. The minimum absolute atomic E-state index is 0.987. The van der Waals surface area contributed by atoms with Gasteiger partial charge in [-0.2, -0.15) is 0 Å². The molecular formula is C12H15N3. The van der Waals surface area contributed by atoms with E-state index >= 15 is 0 Å². The molecule has 1 aliphatic heterocycles. The van der Waals surface area contributed by atoms with E-state index < -0.39 is 0 Å². The molecule has 15 heavy (non-hydrogen) atoms. The van der Waals surface area contributed by atoms with Crippen LogP contribution in [0.2, 0.25) is 0 Å². The van der Waals surface area contributed by atoms with E-state index in [1.807, 2.05) is 12.4 Å². The lowest BCUT2D eigenvalue weighted by atomic mass is 10.3. The normalized spacial score (nSPS) is 17.6. The molecule has 0 radical (unpaired) electrons. The van der Waals surface area contributed by atoms with Crippen LogP contribution in [0.4, 0.5) is 0 Å². The molecule has 1 saturated heterocycles. The Labute approximate surface area is 89.3 Å². The molecule has 3 heteroatoms. The average Bonchev–Trinajstić information content (AvgIpc) is 2.89. The Balaban J connectivity index is 1.90. The molecule has 1 aromatic carbocycles. The number of aromatic nitrogens is 2. The first-order valence-corrected chi connectivity index (χ1v) is 5.56. The first-order chi connectivity index (χ1) is 7.43. The fourth-order valence-corrected chi connectivity index (χ4v) is 2.26. The molecular weight excluding hydrogens is 186 g/mol. The predicted octanol–water partition coefficient (Wildman–Crippen LogP) is 2.09. The summed E-state index contributed by atoms with van der Waals surface area (Å²) in [5.41, 5.74) is 2.33. The van der Waals surface area contributed by atoms with Gasteiger partial charge in [0.1, 0.15) is 0 Å². The Morgan fingerprint density at radius 3 is 2.80 bits per heavy atom. The van der Waals surface area contributed by atoms with Gasteiger partial charge in [0.15, 0.2) is 0 Å². The summed E-state index contributed by atoms with van der Waals surface area (Å²) in [6.07, 6.45) is 4.63. The number of rotatable bonds is 2. The molecule has 0 spiro atoms. The first kappa shape index (κ1) is 8.92. The number of likely N-dealkylation sites (tertiary alicyclic amines) is 1. The zero-order valence-electron chi connectivity index (χ0n) is 8.76. The van der Waals surface area contributed by atoms with Gasteiger partial charge >= 0.3 is 0 Å². The molecule has 78 valence electrons. The maximum absolute atomic E-state index is 4.40. The van der Waals surface area contributed by atoms with Crippen LogP contribution in [0.5, 0.6) is 0 Å². The van der Waals surface area contributed by atoms with Crippen molar-refractivity contribution in [2.24, 2.45) is 0 Å². The van der Waals surface area contributed by atoms with Crippen molar-refractivity contribution in [3.8, 4) is 0 Å². The molecule has 0 atom stereocenters. The summed E-state index contributed by atoms with van der Waals surface area (Å²) in [5.74, 6) is 0. The molecule has 0 unspecified atom stereocenters. The van der Waals surface area contributed by atoms with Crippen LogP contribution in [0.25, 0.3) is 11.0 Å². The van der Waals surface area contributed by atoms with Gasteiger partial charge in [-0.15, -0.1) is 0 Å². The van der Waals surface area contributed by atoms with Gasteiger partial charge in [0.25, 0.3) is 0 Å². The second-order valence-corrected chi connectivity index (χ2v) is 4.17. The monoisotopic (exact) mass is 201 g/mol. The molecule has 1 fully saturated rings. The third-order valence-corrected chi connectivity index (χ3v) is 3.08. The lowest BCUT2D eigenvalue weighted by molar-refractivity contribution is 0.274. The maximum Gasteiger partial charge on any atom is 0.0969 e. The van der Waals surface area contributed by atoms with Crippen molar-refractivity contribution >= 4 is 11.0 Å². The topological polar surface area (TPSA) is 21.1 Å². The number of para-hydroxylation sites is 2. The first-order valence-electron chi connectivity index (χ1n) is 5.56. The van der Waals surface area contributed by atoms with Crippen LogP contribution >= 0.6 is 0 Å².